The number of fused-ring (bicyclic) bond motifs is 1. The van der Waals surface area contributed by atoms with Gasteiger partial charge in [0.25, 0.3) is 0 Å². The molecule has 214 valence electrons. The molecule has 0 bridgehead atoms. The number of nitrogens with one attached hydrogen (secondary N) is 1. The van der Waals surface area contributed by atoms with Gasteiger partial charge in [0, 0.05) is 99.6 Å². The number of carbonyl (C=O) groups excluding carboxylic acids is 2. The summed E-state index contributed by atoms with van der Waals surface area (Å²) in [6.45, 7) is 8.67. The van der Waals surface area contributed by atoms with Crippen molar-refractivity contribution in [3.63, 3.8) is 0 Å². The minimum atomic E-state index is -1.50. The maximum absolute atomic E-state index is 12.8. The molecule has 4 rings (SSSR count). The Morgan fingerprint density at radius 3 is 2.48 bits per heavy atom. The predicted molar refractivity (Wildman–Crippen MR) is 142 cm³/mol. The van der Waals surface area contributed by atoms with E-state index < -0.39 is 41.6 Å². The van der Waals surface area contributed by atoms with Gasteiger partial charge < -0.3 is 30.1 Å². The molecular formula is C30H41Ac2NO7. The molecule has 40 heavy (non-hydrogen) atoms. The zero-order valence-corrected chi connectivity index (χ0v) is 33.2. The fourth-order valence-corrected chi connectivity index (χ4v) is 7.32. The molecular weight excluding hydrogens is 940 g/mol. The summed E-state index contributed by atoms with van der Waals surface area (Å²) in [5.41, 5.74) is 1.32. The van der Waals surface area contributed by atoms with Crippen LogP contribution in [0.1, 0.15) is 57.6 Å². The summed E-state index contributed by atoms with van der Waals surface area (Å²) in [6.07, 6.45) is 3.08. The van der Waals surface area contributed by atoms with E-state index in [1.165, 1.54) is 7.11 Å². The van der Waals surface area contributed by atoms with Crippen molar-refractivity contribution in [2.45, 2.75) is 70.2 Å². The van der Waals surface area contributed by atoms with Crippen molar-refractivity contribution in [1.82, 2.24) is 5.32 Å². The Hall–Kier alpha value is 0.363. The number of hydrogen-bond acceptors (Lipinski definition) is 8. The van der Waals surface area contributed by atoms with Crippen molar-refractivity contribution in [3.05, 3.63) is 59.7 Å². The Morgan fingerprint density at radius 1 is 1.23 bits per heavy atom. The van der Waals surface area contributed by atoms with Crippen LogP contribution < -0.4 is 5.32 Å². The molecule has 2 radical (unpaired) electrons. The maximum atomic E-state index is 12.8. The van der Waals surface area contributed by atoms with E-state index in [1.807, 2.05) is 37.3 Å². The molecule has 0 spiro atoms. The Balaban J connectivity index is 0.00000280. The van der Waals surface area contributed by atoms with E-state index in [2.05, 4.69) is 18.8 Å². The molecule has 10 heteroatoms. The van der Waals surface area contributed by atoms with Crippen molar-refractivity contribution in [1.29, 1.82) is 0 Å². The molecule has 5 unspecified atom stereocenters. The van der Waals surface area contributed by atoms with Crippen LogP contribution in [0.15, 0.2) is 54.1 Å². The van der Waals surface area contributed by atoms with Crippen LogP contribution in [-0.4, -0.2) is 65.8 Å². The van der Waals surface area contributed by atoms with Crippen molar-refractivity contribution in [2.75, 3.05) is 20.3 Å². The number of benzene rings is 1. The molecule has 0 saturated heterocycles. The molecule has 1 aromatic carbocycles. The number of aliphatic hydroxyl groups excluding tert-OH is 3. The molecule has 8 atom stereocenters. The Labute approximate surface area is 308 Å². The molecule has 1 heterocycles. The molecule has 3 aliphatic rings. The van der Waals surface area contributed by atoms with Crippen molar-refractivity contribution in [3.8, 4) is 0 Å². The molecule has 4 N–H and O–H groups in total. The average molecular weight is 982 g/mol. The summed E-state index contributed by atoms with van der Waals surface area (Å²) in [6, 6.07) is 7.75. The molecule has 2 saturated carbocycles. The fraction of sp³-hybridized carbons (Fsp3) is 0.600. The first-order chi connectivity index (χ1) is 18.1. The zero-order valence-electron chi connectivity index (χ0n) is 23.7. The van der Waals surface area contributed by atoms with Gasteiger partial charge in [0.1, 0.15) is 6.61 Å². The second kappa shape index (κ2) is 15.4. The van der Waals surface area contributed by atoms with Crippen LogP contribution in [0, 0.1) is 111 Å². The second-order valence-electron chi connectivity index (χ2n) is 11.6. The fourth-order valence-electron chi connectivity index (χ4n) is 7.32. The van der Waals surface area contributed by atoms with Crippen LogP contribution in [0.2, 0.25) is 0 Å². The van der Waals surface area contributed by atoms with E-state index in [0.29, 0.717) is 24.0 Å². The van der Waals surface area contributed by atoms with E-state index >= 15 is 0 Å². The number of hydrogen-bond donors (Lipinski definition) is 4. The monoisotopic (exact) mass is 981 g/mol. The van der Waals surface area contributed by atoms with Gasteiger partial charge in [0.05, 0.1) is 31.4 Å². The third-order valence-electron chi connectivity index (χ3n) is 9.59. The Morgan fingerprint density at radius 2 is 1.90 bits per heavy atom. The first-order valence-corrected chi connectivity index (χ1v) is 13.5. The summed E-state index contributed by atoms with van der Waals surface area (Å²) in [5.74, 6) is -1.17. The topological polar surface area (TPSA) is 125 Å². The quantitative estimate of drug-likeness (QED) is 0.220. The third-order valence-corrected chi connectivity index (χ3v) is 9.59. The number of carbonyl (C=O) groups is 2. The standard InChI is InChI=1S/C30H41NO7.2Ac/c1-18-10-11-23-29(2,14-12-24(33)30(23,3)17-32)21(18)16-22(20-13-15-38-27(20)35)31-25(26(34)28(36)37-4)19-8-6-5-7-9-19;;/h5-9,13,21-26,31-34H,1,10-12,14-17H2,2-4H3;;/t21-,22?,23?,24?,25?,26?,29+,30-;;/m0../s1. The zero-order chi connectivity index (χ0) is 27.7. The van der Waals surface area contributed by atoms with Crippen LogP contribution in [0.3, 0.4) is 0 Å². The van der Waals surface area contributed by atoms with Crippen LogP contribution in [0.25, 0.3) is 0 Å². The summed E-state index contributed by atoms with van der Waals surface area (Å²) in [4.78, 5) is 25.2. The number of esters is 2. The maximum Gasteiger partial charge on any atom is 0.336 e. The summed E-state index contributed by atoms with van der Waals surface area (Å²) >= 11 is 0. The van der Waals surface area contributed by atoms with Crippen LogP contribution in [0.5, 0.6) is 0 Å². The average Bonchev–Trinajstić information content (AvgIpc) is 3.35. The van der Waals surface area contributed by atoms with Gasteiger partial charge in [-0.2, -0.15) is 0 Å². The molecule has 1 aromatic rings. The van der Waals surface area contributed by atoms with Gasteiger partial charge in [-0.1, -0.05) is 56.3 Å². The number of allylic oxidation sites excluding steroid dienone is 1. The van der Waals surface area contributed by atoms with Crippen LogP contribution in [0.4, 0.5) is 0 Å². The Kier molecular flexibility index (Phi) is 14.1. The van der Waals surface area contributed by atoms with E-state index in [-0.39, 0.29) is 119 Å². The van der Waals surface area contributed by atoms with Gasteiger partial charge in [-0.3, -0.25) is 0 Å². The van der Waals surface area contributed by atoms with Gasteiger partial charge in [-0.05, 0) is 61.0 Å². The molecule has 0 amide bonds. The van der Waals surface area contributed by atoms with Gasteiger partial charge in [0.2, 0.25) is 0 Å². The molecule has 2 fully saturated rings. The Bertz CT molecular complexity index is 1080. The minimum absolute atomic E-state index is 0. The van der Waals surface area contributed by atoms with Crippen molar-refractivity contribution < 1.29 is 123 Å². The largest absolute Gasteiger partial charge is 0.467 e. The first kappa shape index (κ1) is 36.6. The minimum Gasteiger partial charge on any atom is -0.467 e. The van der Waals surface area contributed by atoms with E-state index in [1.54, 1.807) is 6.08 Å². The third kappa shape index (κ3) is 7.18. The summed E-state index contributed by atoms with van der Waals surface area (Å²) < 4.78 is 10.1. The van der Waals surface area contributed by atoms with E-state index in [4.69, 9.17) is 9.47 Å². The van der Waals surface area contributed by atoms with E-state index in [9.17, 15) is 24.9 Å². The number of rotatable bonds is 9. The first-order valence-electron chi connectivity index (χ1n) is 13.5. The van der Waals surface area contributed by atoms with Crippen molar-refractivity contribution in [2.24, 2.45) is 22.7 Å². The second-order valence-corrected chi connectivity index (χ2v) is 11.6. The number of ether oxygens (including phenoxy) is 2. The van der Waals surface area contributed by atoms with Crippen molar-refractivity contribution >= 4 is 11.9 Å². The molecule has 1 aliphatic heterocycles. The number of cyclic esters (lactones) is 1. The predicted octanol–water partition coefficient (Wildman–Crippen LogP) is 2.84. The number of methoxy groups -OCH3 is 1. The molecule has 0 aromatic heterocycles. The molecule has 2 aliphatic carbocycles. The SMILES string of the molecule is C=C1CCC2[C@](C)(CO)C(O)CC[C@]2(C)[C@H]1CC(NC(c1ccccc1)C(O)C(=O)OC)C1=CCOC1=O.[Ac].[Ac]. The van der Waals surface area contributed by atoms with Gasteiger partial charge in [-0.25, -0.2) is 9.59 Å². The summed E-state index contributed by atoms with van der Waals surface area (Å²) in [7, 11) is 1.23. The van der Waals surface area contributed by atoms with Gasteiger partial charge >= 0.3 is 11.9 Å². The normalized spacial score (nSPS) is 31.9. The van der Waals surface area contributed by atoms with Crippen LogP contribution in [-0.2, 0) is 19.1 Å². The van der Waals surface area contributed by atoms with Gasteiger partial charge in [0.15, 0.2) is 6.10 Å². The molecule has 8 nitrogen and oxygen atoms in total. The van der Waals surface area contributed by atoms with Crippen LogP contribution >= 0.6 is 0 Å². The summed E-state index contributed by atoms with van der Waals surface area (Å²) in [5, 5.41) is 35.6. The van der Waals surface area contributed by atoms with E-state index in [0.717, 1.165) is 24.8 Å². The smallest absolute Gasteiger partial charge is 0.336 e. The van der Waals surface area contributed by atoms with Gasteiger partial charge in [-0.15, -0.1) is 0 Å². The number of aliphatic hydroxyl groups is 3.